The molecule has 8 nitrogen and oxygen atoms in total. The minimum Gasteiger partial charge on any atom is -0.470 e. The first-order chi connectivity index (χ1) is 14.1. The predicted molar refractivity (Wildman–Crippen MR) is 100 cm³/mol. The van der Waals surface area contributed by atoms with Crippen LogP contribution in [0, 0.1) is 10.1 Å². The zero-order valence-corrected chi connectivity index (χ0v) is 15.6. The predicted octanol–water partition coefficient (Wildman–Crippen LogP) is 4.75. The highest BCUT2D eigenvalue weighted by atomic mass is 35.5. The van der Waals surface area contributed by atoms with Gasteiger partial charge in [0.1, 0.15) is 5.75 Å². The van der Waals surface area contributed by atoms with Crippen molar-refractivity contribution in [1.82, 2.24) is 9.78 Å². The van der Waals surface area contributed by atoms with E-state index in [1.807, 2.05) is 0 Å². The van der Waals surface area contributed by atoms with Gasteiger partial charge >= 0.3 is 6.18 Å². The maximum Gasteiger partial charge on any atom is 0.418 e. The van der Waals surface area contributed by atoms with Crippen LogP contribution in [0.25, 0.3) is 0 Å². The molecule has 0 aliphatic carbocycles. The number of nitrogens with zero attached hydrogens (tertiary/aromatic N) is 3. The molecule has 156 valence electrons. The number of aromatic nitrogens is 2. The van der Waals surface area contributed by atoms with Gasteiger partial charge in [0.15, 0.2) is 12.4 Å². The van der Waals surface area contributed by atoms with Gasteiger partial charge in [-0.15, -0.1) is 0 Å². The second kappa shape index (κ2) is 8.41. The number of non-ortho nitro benzene ring substituents is 1. The zero-order valence-electron chi connectivity index (χ0n) is 14.9. The van der Waals surface area contributed by atoms with Gasteiger partial charge in [0.25, 0.3) is 11.6 Å². The summed E-state index contributed by atoms with van der Waals surface area (Å²) in [5, 5.41) is 16.8. The van der Waals surface area contributed by atoms with E-state index in [4.69, 9.17) is 16.3 Å². The van der Waals surface area contributed by atoms with Crippen molar-refractivity contribution in [2.45, 2.75) is 12.9 Å². The first kappa shape index (κ1) is 21.1. The Labute approximate surface area is 172 Å². The molecule has 0 atom stereocenters. The lowest BCUT2D eigenvalue weighted by atomic mass is 10.1. The van der Waals surface area contributed by atoms with Crippen molar-refractivity contribution in [2.75, 3.05) is 5.32 Å². The van der Waals surface area contributed by atoms with E-state index in [1.54, 1.807) is 0 Å². The van der Waals surface area contributed by atoms with E-state index >= 15 is 0 Å². The van der Waals surface area contributed by atoms with Crippen LogP contribution in [0.4, 0.5) is 24.5 Å². The Balaban J connectivity index is 1.67. The lowest BCUT2D eigenvalue weighted by Crippen LogP contribution is -2.17. The van der Waals surface area contributed by atoms with Crippen LogP contribution in [0.2, 0.25) is 5.02 Å². The van der Waals surface area contributed by atoms with Crippen LogP contribution in [0.5, 0.6) is 5.75 Å². The summed E-state index contributed by atoms with van der Waals surface area (Å²) in [6, 6.07) is 9.52. The highest BCUT2D eigenvalue weighted by molar-refractivity contribution is 6.32. The monoisotopic (exact) mass is 440 g/mol. The molecule has 0 fully saturated rings. The second-order valence-corrected chi connectivity index (χ2v) is 6.29. The number of anilines is 1. The molecule has 3 aromatic rings. The number of nitro benzene ring substituents is 1. The molecule has 30 heavy (non-hydrogen) atoms. The van der Waals surface area contributed by atoms with Gasteiger partial charge in [-0.2, -0.15) is 18.3 Å². The summed E-state index contributed by atoms with van der Waals surface area (Å²) in [4.78, 5) is 22.4. The Kier molecular flexibility index (Phi) is 5.92. The highest BCUT2D eigenvalue weighted by Gasteiger charge is 2.33. The number of nitrogens with one attached hydrogen (secondary N) is 1. The number of nitro groups is 1. The quantitative estimate of drug-likeness (QED) is 0.440. The van der Waals surface area contributed by atoms with Crippen molar-refractivity contribution in [2.24, 2.45) is 0 Å². The van der Waals surface area contributed by atoms with Crippen LogP contribution in [0.1, 0.15) is 16.1 Å². The third-order valence-electron chi connectivity index (χ3n) is 3.83. The summed E-state index contributed by atoms with van der Waals surface area (Å²) in [5.74, 6) is -0.679. The van der Waals surface area contributed by atoms with Gasteiger partial charge in [-0.05, 0) is 24.3 Å². The van der Waals surface area contributed by atoms with Crippen molar-refractivity contribution in [1.29, 1.82) is 0 Å². The number of para-hydroxylation sites is 1. The Morgan fingerprint density at radius 3 is 2.63 bits per heavy atom. The van der Waals surface area contributed by atoms with Gasteiger partial charge in [0, 0.05) is 18.3 Å². The third-order valence-corrected chi connectivity index (χ3v) is 4.13. The fourth-order valence-corrected chi connectivity index (χ4v) is 2.67. The molecule has 0 aliphatic rings. The first-order valence-corrected chi connectivity index (χ1v) is 8.60. The summed E-state index contributed by atoms with van der Waals surface area (Å²) >= 11 is 5.92. The maximum atomic E-state index is 13.0. The number of carbonyl (C=O) groups is 1. The summed E-state index contributed by atoms with van der Waals surface area (Å²) in [6.45, 7) is -0.191. The van der Waals surface area contributed by atoms with Crippen LogP contribution in [0.3, 0.4) is 0 Å². The summed E-state index contributed by atoms with van der Waals surface area (Å²) < 4.78 is 45.7. The van der Waals surface area contributed by atoms with Gasteiger partial charge in [-0.25, -0.2) is 4.68 Å². The van der Waals surface area contributed by atoms with Crippen molar-refractivity contribution in [3.05, 3.63) is 81.1 Å². The summed E-state index contributed by atoms with van der Waals surface area (Å²) in [7, 11) is 0. The minimum absolute atomic E-state index is 0.0121. The van der Waals surface area contributed by atoms with Gasteiger partial charge < -0.3 is 10.1 Å². The Hall–Kier alpha value is -3.60. The number of rotatable bonds is 6. The number of carbonyl (C=O) groups excluding carboxylic acids is 1. The number of ether oxygens (including phenoxy) is 1. The molecule has 1 amide bonds. The average molecular weight is 441 g/mol. The largest absolute Gasteiger partial charge is 0.470 e. The molecule has 2 aromatic carbocycles. The van der Waals surface area contributed by atoms with Gasteiger partial charge in [-0.1, -0.05) is 23.7 Å². The smallest absolute Gasteiger partial charge is 0.418 e. The molecule has 12 heteroatoms. The van der Waals surface area contributed by atoms with Crippen LogP contribution in [0.15, 0.2) is 54.7 Å². The minimum atomic E-state index is -4.62. The Bertz CT molecular complexity index is 1100. The lowest BCUT2D eigenvalue weighted by molar-refractivity contribution is -0.384. The van der Waals surface area contributed by atoms with Crippen LogP contribution in [-0.2, 0) is 12.9 Å². The van der Waals surface area contributed by atoms with Crippen LogP contribution < -0.4 is 10.1 Å². The molecule has 0 unspecified atom stereocenters. The fraction of sp³-hybridized carbons (Fsp3) is 0.111. The summed E-state index contributed by atoms with van der Waals surface area (Å²) in [5.41, 5.74) is -1.71. The van der Waals surface area contributed by atoms with E-state index in [-0.39, 0.29) is 28.9 Å². The zero-order chi connectivity index (χ0) is 21.9. The molecule has 1 heterocycles. The molecule has 1 aromatic heterocycles. The number of amides is 1. The highest BCUT2D eigenvalue weighted by Crippen LogP contribution is 2.34. The number of hydrogen-bond acceptors (Lipinski definition) is 5. The van der Waals surface area contributed by atoms with Gasteiger partial charge in [0.05, 0.1) is 21.2 Å². The molecule has 0 radical (unpaired) electrons. The SMILES string of the molecule is O=C(Nc1ccccc1C(F)(F)F)c1ccn(COc2ccc([N+](=O)[O-])cc2Cl)n1. The van der Waals surface area contributed by atoms with Crippen LogP contribution >= 0.6 is 11.6 Å². The lowest BCUT2D eigenvalue weighted by Gasteiger charge is -2.12. The van der Waals surface area contributed by atoms with E-state index in [0.717, 1.165) is 18.2 Å². The molecule has 3 rings (SSSR count). The van der Waals surface area contributed by atoms with Crippen molar-refractivity contribution < 1.29 is 27.6 Å². The number of alkyl halides is 3. The van der Waals surface area contributed by atoms with E-state index in [9.17, 15) is 28.1 Å². The standard InChI is InChI=1S/C18H12ClF3N4O4/c19-13-9-11(26(28)29)5-6-16(13)30-10-25-8-7-15(24-25)17(27)23-14-4-2-1-3-12(14)18(20,21)22/h1-9H,10H2,(H,23,27). The van der Waals surface area contributed by atoms with Crippen molar-refractivity contribution in [3.8, 4) is 5.75 Å². The third kappa shape index (κ3) is 4.87. The summed E-state index contributed by atoms with van der Waals surface area (Å²) in [6.07, 6.45) is -3.25. The number of halogens is 4. The molecule has 0 aliphatic heterocycles. The van der Waals surface area contributed by atoms with E-state index in [2.05, 4.69) is 10.4 Å². The Morgan fingerprint density at radius 2 is 1.97 bits per heavy atom. The molecule has 0 saturated carbocycles. The normalized spacial score (nSPS) is 11.2. The first-order valence-electron chi connectivity index (χ1n) is 8.23. The Morgan fingerprint density at radius 1 is 1.23 bits per heavy atom. The molecule has 0 saturated heterocycles. The topological polar surface area (TPSA) is 99.3 Å². The van der Waals surface area contributed by atoms with E-state index in [1.165, 1.54) is 41.2 Å². The van der Waals surface area contributed by atoms with Crippen molar-refractivity contribution in [3.63, 3.8) is 0 Å². The number of benzene rings is 2. The van der Waals surface area contributed by atoms with Crippen LogP contribution in [-0.4, -0.2) is 20.6 Å². The van der Waals surface area contributed by atoms with E-state index < -0.39 is 28.3 Å². The molecular weight excluding hydrogens is 429 g/mol. The second-order valence-electron chi connectivity index (χ2n) is 5.88. The van der Waals surface area contributed by atoms with Gasteiger partial charge in [0.2, 0.25) is 0 Å². The fourth-order valence-electron chi connectivity index (χ4n) is 2.44. The van der Waals surface area contributed by atoms with Crippen molar-refractivity contribution >= 4 is 28.9 Å². The molecule has 0 spiro atoms. The molecular formula is C18H12ClF3N4O4. The van der Waals surface area contributed by atoms with Gasteiger partial charge in [-0.3, -0.25) is 14.9 Å². The number of hydrogen-bond donors (Lipinski definition) is 1. The average Bonchev–Trinajstić information content (AvgIpc) is 3.15. The maximum absolute atomic E-state index is 13.0. The van der Waals surface area contributed by atoms with E-state index in [0.29, 0.717) is 0 Å². The molecule has 1 N–H and O–H groups in total. The molecule has 0 bridgehead atoms.